The summed E-state index contributed by atoms with van der Waals surface area (Å²) in [5, 5.41) is 0. The quantitative estimate of drug-likeness (QED) is 0.393. The molecule has 0 aliphatic rings. The molecule has 0 unspecified atom stereocenters. The maximum atomic E-state index is 2.17. The van der Waals surface area contributed by atoms with Crippen molar-refractivity contribution in [3.05, 3.63) is 35.6 Å². The van der Waals surface area contributed by atoms with Crippen molar-refractivity contribution in [2.24, 2.45) is 0 Å². The first-order chi connectivity index (χ1) is 7.43. The molecule has 0 rings (SSSR count). The highest BCUT2D eigenvalue weighted by atomic mass is 15.1. The predicted octanol–water partition coefficient (Wildman–Crippen LogP) is 2.69. The molecule has 2 nitrogen and oxygen atoms in total. The molecule has 0 atom stereocenters. The summed E-state index contributed by atoms with van der Waals surface area (Å²) in [6.45, 7) is 4.22. The van der Waals surface area contributed by atoms with Gasteiger partial charge in [0.2, 0.25) is 0 Å². The first kappa shape index (κ1) is 14.7. The van der Waals surface area contributed by atoms with Crippen molar-refractivity contribution in [3.63, 3.8) is 0 Å². The van der Waals surface area contributed by atoms with Gasteiger partial charge in [0.15, 0.2) is 0 Å². The summed E-state index contributed by atoms with van der Waals surface area (Å²) < 4.78 is 2.07. The molecule has 0 amide bonds. The molecular formula is C14H25N2+. The van der Waals surface area contributed by atoms with E-state index in [0.29, 0.717) is 0 Å². The number of hydrogen-bond donors (Lipinski definition) is 0. The highest BCUT2D eigenvalue weighted by Gasteiger charge is 1.87. The Morgan fingerprint density at radius 1 is 1.12 bits per heavy atom. The summed E-state index contributed by atoms with van der Waals surface area (Å²) in [4.78, 5) is 2.10. The second-order valence-electron chi connectivity index (χ2n) is 4.40. The summed E-state index contributed by atoms with van der Waals surface area (Å²) >= 11 is 0. The summed E-state index contributed by atoms with van der Waals surface area (Å²) in [5.41, 5.74) is 2.53. The molecule has 0 aromatic carbocycles. The third-order valence-corrected chi connectivity index (χ3v) is 2.28. The Morgan fingerprint density at radius 2 is 1.75 bits per heavy atom. The third kappa shape index (κ3) is 8.04. The van der Waals surface area contributed by atoms with Crippen LogP contribution in [0.15, 0.2) is 35.6 Å². The van der Waals surface area contributed by atoms with Crippen LogP contribution in [0.3, 0.4) is 0 Å². The normalized spacial score (nSPS) is 13.1. The molecule has 0 saturated heterocycles. The van der Waals surface area contributed by atoms with E-state index < -0.39 is 0 Å². The zero-order valence-electron chi connectivity index (χ0n) is 11.5. The van der Waals surface area contributed by atoms with Crippen molar-refractivity contribution in [2.45, 2.75) is 20.3 Å². The van der Waals surface area contributed by atoms with E-state index in [2.05, 4.69) is 67.9 Å². The van der Waals surface area contributed by atoms with E-state index in [-0.39, 0.29) is 0 Å². The fourth-order valence-electron chi connectivity index (χ4n) is 0.982. The van der Waals surface area contributed by atoms with Gasteiger partial charge >= 0.3 is 0 Å². The van der Waals surface area contributed by atoms with Crippen molar-refractivity contribution in [3.8, 4) is 0 Å². The van der Waals surface area contributed by atoms with E-state index in [1.165, 1.54) is 11.3 Å². The Kier molecular flexibility index (Phi) is 7.27. The van der Waals surface area contributed by atoms with Gasteiger partial charge in [0.25, 0.3) is 0 Å². The van der Waals surface area contributed by atoms with Crippen LogP contribution >= 0.6 is 0 Å². The molecule has 0 bridgehead atoms. The lowest BCUT2D eigenvalue weighted by molar-refractivity contribution is -0.460. The molecule has 0 heterocycles. The summed E-state index contributed by atoms with van der Waals surface area (Å²) in [5.74, 6) is 0. The van der Waals surface area contributed by atoms with Crippen LogP contribution in [0.5, 0.6) is 0 Å². The van der Waals surface area contributed by atoms with Crippen molar-refractivity contribution in [1.29, 1.82) is 0 Å². The molecule has 0 aromatic heterocycles. The molecule has 0 fully saturated rings. The second kappa shape index (κ2) is 7.91. The van der Waals surface area contributed by atoms with Crippen LogP contribution in [0.4, 0.5) is 0 Å². The largest absolute Gasteiger partial charge is 0.381 e. The van der Waals surface area contributed by atoms with Crippen molar-refractivity contribution in [2.75, 3.05) is 28.2 Å². The smallest absolute Gasteiger partial charge is 0.142 e. The number of allylic oxidation sites excluding steroid dienone is 6. The first-order valence-corrected chi connectivity index (χ1v) is 5.62. The lowest BCUT2D eigenvalue weighted by atomic mass is 10.2. The fourth-order valence-corrected chi connectivity index (χ4v) is 0.982. The average molecular weight is 221 g/mol. The molecule has 0 spiro atoms. The molecule has 0 radical (unpaired) electrons. The van der Waals surface area contributed by atoms with E-state index in [9.17, 15) is 0 Å². The monoisotopic (exact) mass is 221 g/mol. The Labute approximate surface area is 100 Å². The van der Waals surface area contributed by atoms with Gasteiger partial charge < -0.3 is 4.90 Å². The highest BCUT2D eigenvalue weighted by molar-refractivity contribution is 5.53. The molecule has 0 aliphatic heterocycles. The fraction of sp³-hybridized carbons (Fsp3) is 0.500. The predicted molar refractivity (Wildman–Crippen MR) is 73.1 cm³/mol. The second-order valence-corrected chi connectivity index (χ2v) is 4.40. The minimum absolute atomic E-state index is 0.981. The van der Waals surface area contributed by atoms with Gasteiger partial charge in [-0.1, -0.05) is 23.8 Å². The minimum atomic E-state index is 0.981. The Bertz CT molecular complexity index is 314. The minimum Gasteiger partial charge on any atom is -0.381 e. The molecular weight excluding hydrogens is 196 g/mol. The van der Waals surface area contributed by atoms with Gasteiger partial charge in [0.1, 0.15) is 20.3 Å². The summed E-state index contributed by atoms with van der Waals surface area (Å²) in [6, 6.07) is 0. The van der Waals surface area contributed by atoms with Gasteiger partial charge in [-0.05, 0) is 19.9 Å². The van der Waals surface area contributed by atoms with Crippen LogP contribution in [-0.2, 0) is 0 Å². The summed E-state index contributed by atoms with van der Waals surface area (Å²) in [6.07, 6.45) is 11.7. The van der Waals surface area contributed by atoms with Gasteiger partial charge in [-0.25, -0.2) is 4.58 Å². The Morgan fingerprint density at radius 3 is 2.25 bits per heavy atom. The lowest BCUT2D eigenvalue weighted by Gasteiger charge is -2.11. The number of rotatable bonds is 5. The molecule has 0 aromatic rings. The number of nitrogens with zero attached hydrogens (tertiary/aromatic N) is 2. The van der Waals surface area contributed by atoms with Crippen molar-refractivity contribution < 1.29 is 4.58 Å². The van der Waals surface area contributed by atoms with E-state index in [1.54, 1.807) is 0 Å². The van der Waals surface area contributed by atoms with Gasteiger partial charge in [-0.15, -0.1) is 0 Å². The molecule has 0 saturated carbocycles. The van der Waals surface area contributed by atoms with Gasteiger partial charge in [0.05, 0.1) is 0 Å². The zero-order valence-corrected chi connectivity index (χ0v) is 11.5. The van der Waals surface area contributed by atoms with Crippen LogP contribution in [0, 0.1) is 0 Å². The van der Waals surface area contributed by atoms with E-state index in [4.69, 9.17) is 0 Å². The van der Waals surface area contributed by atoms with Crippen LogP contribution in [-0.4, -0.2) is 43.9 Å². The van der Waals surface area contributed by atoms with Crippen LogP contribution in [0.25, 0.3) is 0 Å². The summed E-state index contributed by atoms with van der Waals surface area (Å²) in [7, 11) is 8.19. The van der Waals surface area contributed by atoms with Crippen LogP contribution < -0.4 is 0 Å². The van der Waals surface area contributed by atoms with E-state index in [1.807, 2.05) is 14.1 Å². The molecule has 16 heavy (non-hydrogen) atoms. The average Bonchev–Trinajstić information content (AvgIpc) is 2.20. The zero-order chi connectivity index (χ0) is 12.6. The SMILES string of the molecule is CC(C=CCC=[N+](C)C)=CC=C(C)N(C)C. The van der Waals surface area contributed by atoms with Gasteiger partial charge in [-0.3, -0.25) is 0 Å². The van der Waals surface area contributed by atoms with Crippen LogP contribution in [0.1, 0.15) is 20.3 Å². The number of hydrogen-bond acceptors (Lipinski definition) is 1. The lowest BCUT2D eigenvalue weighted by Crippen LogP contribution is -2.07. The van der Waals surface area contributed by atoms with Crippen molar-refractivity contribution >= 4 is 6.21 Å². The highest BCUT2D eigenvalue weighted by Crippen LogP contribution is 2.01. The van der Waals surface area contributed by atoms with E-state index >= 15 is 0 Å². The molecule has 2 heteroatoms. The topological polar surface area (TPSA) is 6.25 Å². The Hall–Kier alpha value is -1.31. The standard InChI is InChI=1S/C14H25N2/c1-13(9-7-8-12-15(3)4)10-11-14(2)16(5)6/h7,9-12H,8H2,1-6H3/q+1. The molecule has 90 valence electrons. The van der Waals surface area contributed by atoms with Crippen LogP contribution in [0.2, 0.25) is 0 Å². The van der Waals surface area contributed by atoms with Crippen molar-refractivity contribution in [1.82, 2.24) is 4.90 Å². The Balaban J connectivity index is 4.25. The maximum absolute atomic E-state index is 2.17. The molecule has 0 N–H and O–H groups in total. The van der Waals surface area contributed by atoms with Gasteiger partial charge in [0, 0.05) is 26.2 Å². The van der Waals surface area contributed by atoms with E-state index in [0.717, 1.165) is 6.42 Å². The van der Waals surface area contributed by atoms with Gasteiger partial charge in [-0.2, -0.15) is 0 Å². The third-order valence-electron chi connectivity index (χ3n) is 2.28. The first-order valence-electron chi connectivity index (χ1n) is 5.62. The molecule has 0 aliphatic carbocycles. The maximum Gasteiger partial charge on any atom is 0.142 e.